The van der Waals surface area contributed by atoms with Gasteiger partial charge in [0.15, 0.2) is 5.84 Å². The van der Waals surface area contributed by atoms with Crippen molar-refractivity contribution in [3.63, 3.8) is 0 Å². The predicted molar refractivity (Wildman–Crippen MR) is 87.9 cm³/mol. The Bertz CT molecular complexity index is 445. The summed E-state index contributed by atoms with van der Waals surface area (Å²) in [6.07, 6.45) is 3.87. The Balaban J connectivity index is 3.00. The number of rotatable bonds is 8. The van der Waals surface area contributed by atoms with Crippen molar-refractivity contribution >= 4 is 11.5 Å². The zero-order valence-corrected chi connectivity index (χ0v) is 13.6. The lowest BCUT2D eigenvalue weighted by molar-refractivity contribution is 0.318. The van der Waals surface area contributed by atoms with Crippen molar-refractivity contribution in [2.45, 2.75) is 40.5 Å². The quantitative estimate of drug-likeness (QED) is 0.334. The molecule has 0 aliphatic heterocycles. The monoisotopic (exact) mass is 292 g/mol. The predicted octanol–water partition coefficient (Wildman–Crippen LogP) is 3.07. The fourth-order valence-corrected chi connectivity index (χ4v) is 2.08. The van der Waals surface area contributed by atoms with Crippen molar-refractivity contribution < 1.29 is 5.21 Å². The number of nitrogens with zero attached hydrogens (tertiary/aromatic N) is 3. The van der Waals surface area contributed by atoms with Crippen LogP contribution in [0.25, 0.3) is 0 Å². The summed E-state index contributed by atoms with van der Waals surface area (Å²) in [5.41, 5.74) is 7.24. The van der Waals surface area contributed by atoms with Gasteiger partial charge in [0, 0.05) is 19.3 Å². The van der Waals surface area contributed by atoms with E-state index in [2.05, 4.69) is 42.7 Å². The second-order valence-corrected chi connectivity index (χ2v) is 6.21. The van der Waals surface area contributed by atoms with Crippen LogP contribution in [0.3, 0.4) is 0 Å². The number of aromatic nitrogens is 1. The highest BCUT2D eigenvalue weighted by atomic mass is 16.4. The molecule has 0 saturated carbocycles. The van der Waals surface area contributed by atoms with Crippen molar-refractivity contribution in [3.05, 3.63) is 24.0 Å². The number of nitrogens with two attached hydrogens (primary N) is 1. The Morgan fingerprint density at radius 2 is 1.81 bits per heavy atom. The molecule has 21 heavy (non-hydrogen) atoms. The van der Waals surface area contributed by atoms with Gasteiger partial charge in [-0.3, -0.25) is 4.98 Å². The van der Waals surface area contributed by atoms with Crippen LogP contribution in [0.15, 0.2) is 23.5 Å². The molecule has 0 radical (unpaired) electrons. The molecule has 1 heterocycles. The van der Waals surface area contributed by atoms with E-state index in [1.807, 2.05) is 12.1 Å². The zero-order valence-electron chi connectivity index (χ0n) is 13.6. The van der Waals surface area contributed by atoms with Crippen LogP contribution in [-0.4, -0.2) is 29.1 Å². The van der Waals surface area contributed by atoms with Crippen LogP contribution < -0.4 is 10.6 Å². The third-order valence-electron chi connectivity index (χ3n) is 3.43. The molecule has 0 fully saturated rings. The Labute approximate surface area is 127 Å². The lowest BCUT2D eigenvalue weighted by Crippen LogP contribution is -2.30. The van der Waals surface area contributed by atoms with E-state index >= 15 is 0 Å². The van der Waals surface area contributed by atoms with Gasteiger partial charge in [0.05, 0.1) is 5.69 Å². The average molecular weight is 292 g/mol. The molecule has 0 bridgehead atoms. The first-order valence-electron chi connectivity index (χ1n) is 7.63. The number of oxime groups is 1. The molecule has 118 valence electrons. The Hall–Kier alpha value is -1.78. The lowest BCUT2D eigenvalue weighted by Gasteiger charge is -2.27. The van der Waals surface area contributed by atoms with E-state index in [0.29, 0.717) is 17.5 Å². The molecule has 0 spiro atoms. The molecule has 0 atom stereocenters. The third kappa shape index (κ3) is 5.61. The zero-order chi connectivity index (χ0) is 15.8. The largest absolute Gasteiger partial charge is 0.409 e. The van der Waals surface area contributed by atoms with Crippen LogP contribution in [0.1, 0.15) is 46.2 Å². The van der Waals surface area contributed by atoms with E-state index in [9.17, 15) is 0 Å². The summed E-state index contributed by atoms with van der Waals surface area (Å²) in [6, 6.07) is 3.88. The minimum absolute atomic E-state index is 0.0599. The van der Waals surface area contributed by atoms with E-state index < -0.39 is 0 Å². The molecular formula is C16H28N4O. The molecule has 0 aromatic carbocycles. The fraction of sp³-hybridized carbons (Fsp3) is 0.625. The van der Waals surface area contributed by atoms with E-state index in [4.69, 9.17) is 10.9 Å². The van der Waals surface area contributed by atoms with Gasteiger partial charge in [0.25, 0.3) is 0 Å². The summed E-state index contributed by atoms with van der Waals surface area (Å²) < 4.78 is 0. The molecule has 1 aromatic rings. The first-order valence-corrected chi connectivity index (χ1v) is 7.63. The van der Waals surface area contributed by atoms with Crippen LogP contribution in [0.5, 0.6) is 0 Å². The van der Waals surface area contributed by atoms with Crippen molar-refractivity contribution in [1.82, 2.24) is 4.98 Å². The smallest absolute Gasteiger partial charge is 0.190 e. The van der Waals surface area contributed by atoms with Crippen molar-refractivity contribution in [2.75, 3.05) is 18.0 Å². The molecule has 5 heteroatoms. The van der Waals surface area contributed by atoms with Crippen LogP contribution in [0.4, 0.5) is 5.69 Å². The van der Waals surface area contributed by atoms with Crippen molar-refractivity contribution in [3.8, 4) is 0 Å². The molecule has 1 aromatic heterocycles. The van der Waals surface area contributed by atoms with Gasteiger partial charge in [-0.2, -0.15) is 0 Å². The van der Waals surface area contributed by atoms with Crippen LogP contribution in [0, 0.1) is 11.8 Å². The SMILES string of the molecule is CC(C)CCN(CCC(C)C)c1cccnc1/C(N)=N/O. The van der Waals surface area contributed by atoms with Gasteiger partial charge < -0.3 is 15.8 Å². The number of amidine groups is 1. The van der Waals surface area contributed by atoms with Gasteiger partial charge in [0.1, 0.15) is 5.69 Å². The average Bonchev–Trinajstić information content (AvgIpc) is 2.46. The summed E-state index contributed by atoms with van der Waals surface area (Å²) in [5, 5.41) is 12.0. The van der Waals surface area contributed by atoms with E-state index in [1.165, 1.54) is 0 Å². The molecule has 1 rings (SSSR count). The first kappa shape index (κ1) is 17.3. The topological polar surface area (TPSA) is 74.7 Å². The first-order chi connectivity index (χ1) is 9.95. The highest BCUT2D eigenvalue weighted by molar-refractivity contribution is 6.00. The lowest BCUT2D eigenvalue weighted by atomic mass is 10.1. The second kappa shape index (κ2) is 8.49. The Kier molecular flexibility index (Phi) is 6.99. The maximum Gasteiger partial charge on any atom is 0.190 e. The molecule has 0 amide bonds. The summed E-state index contributed by atoms with van der Waals surface area (Å²) in [7, 11) is 0. The number of pyridine rings is 1. The molecule has 0 saturated heterocycles. The minimum Gasteiger partial charge on any atom is -0.409 e. The molecule has 0 aliphatic rings. The number of hydrogen-bond donors (Lipinski definition) is 2. The Morgan fingerprint density at radius 3 is 2.29 bits per heavy atom. The molecule has 0 aliphatic carbocycles. The highest BCUT2D eigenvalue weighted by Gasteiger charge is 2.15. The maximum atomic E-state index is 8.94. The summed E-state index contributed by atoms with van der Waals surface area (Å²) in [6.45, 7) is 10.8. The minimum atomic E-state index is 0.0599. The van der Waals surface area contributed by atoms with Crippen LogP contribution in [0.2, 0.25) is 0 Å². The van der Waals surface area contributed by atoms with Gasteiger partial charge in [-0.1, -0.05) is 32.9 Å². The second-order valence-electron chi connectivity index (χ2n) is 6.21. The summed E-state index contributed by atoms with van der Waals surface area (Å²) in [5.74, 6) is 1.33. The van der Waals surface area contributed by atoms with Crippen LogP contribution >= 0.6 is 0 Å². The Morgan fingerprint density at radius 1 is 1.24 bits per heavy atom. The van der Waals surface area contributed by atoms with E-state index in [1.54, 1.807) is 6.20 Å². The number of hydrogen-bond acceptors (Lipinski definition) is 4. The standard InChI is InChI=1S/C16H28N4O/c1-12(2)7-10-20(11-8-13(3)4)14-6-5-9-18-15(14)16(17)19-21/h5-6,9,12-13,21H,7-8,10-11H2,1-4H3,(H2,17,19). The van der Waals surface area contributed by atoms with E-state index in [-0.39, 0.29) is 5.84 Å². The molecular weight excluding hydrogens is 264 g/mol. The summed E-state index contributed by atoms with van der Waals surface area (Å²) in [4.78, 5) is 6.56. The normalized spacial score (nSPS) is 12.2. The van der Waals surface area contributed by atoms with Gasteiger partial charge in [-0.25, -0.2) is 0 Å². The molecule has 0 unspecified atom stereocenters. The maximum absolute atomic E-state index is 8.94. The van der Waals surface area contributed by atoms with E-state index in [0.717, 1.165) is 31.6 Å². The summed E-state index contributed by atoms with van der Waals surface area (Å²) >= 11 is 0. The fourth-order valence-electron chi connectivity index (χ4n) is 2.08. The number of anilines is 1. The van der Waals surface area contributed by atoms with Crippen LogP contribution in [-0.2, 0) is 0 Å². The van der Waals surface area contributed by atoms with Gasteiger partial charge in [-0.05, 0) is 36.8 Å². The highest BCUT2D eigenvalue weighted by Crippen LogP contribution is 2.21. The third-order valence-corrected chi connectivity index (χ3v) is 3.43. The van der Waals surface area contributed by atoms with Gasteiger partial charge in [0.2, 0.25) is 0 Å². The van der Waals surface area contributed by atoms with Gasteiger partial charge >= 0.3 is 0 Å². The van der Waals surface area contributed by atoms with Crippen molar-refractivity contribution in [2.24, 2.45) is 22.7 Å². The van der Waals surface area contributed by atoms with Gasteiger partial charge in [-0.15, -0.1) is 0 Å². The van der Waals surface area contributed by atoms with Crippen molar-refractivity contribution in [1.29, 1.82) is 0 Å². The molecule has 3 N–H and O–H groups in total. The molecule has 5 nitrogen and oxygen atoms in total.